The molecule has 2 heterocycles. The average molecular weight is 243 g/mol. The van der Waals surface area contributed by atoms with Gasteiger partial charge in [0.15, 0.2) is 0 Å². The van der Waals surface area contributed by atoms with E-state index in [0.29, 0.717) is 5.95 Å². The fourth-order valence-electron chi connectivity index (χ4n) is 1.24. The van der Waals surface area contributed by atoms with E-state index in [9.17, 15) is 0 Å². The predicted octanol–water partition coefficient (Wildman–Crippen LogP) is 1.01. The van der Waals surface area contributed by atoms with E-state index < -0.39 is 0 Å². The Bertz CT molecular complexity index is 294. The summed E-state index contributed by atoms with van der Waals surface area (Å²) in [7, 11) is 0. The van der Waals surface area contributed by atoms with Crippen LogP contribution in [0, 0.1) is 0 Å². The summed E-state index contributed by atoms with van der Waals surface area (Å²) >= 11 is 3.29. The third-order valence-electron chi connectivity index (χ3n) is 2.06. The van der Waals surface area contributed by atoms with Crippen LogP contribution >= 0.6 is 15.9 Å². The second-order valence-corrected chi connectivity index (χ2v) is 4.43. The van der Waals surface area contributed by atoms with E-state index in [4.69, 9.17) is 0 Å². The zero-order valence-electron chi connectivity index (χ0n) is 7.34. The van der Waals surface area contributed by atoms with Crippen molar-refractivity contribution < 1.29 is 0 Å². The lowest BCUT2D eigenvalue weighted by molar-refractivity contribution is 0.336. The lowest BCUT2D eigenvalue weighted by Gasteiger charge is -2.39. The number of aromatic nitrogens is 2. The zero-order chi connectivity index (χ0) is 9.31. The van der Waals surface area contributed by atoms with Gasteiger partial charge in [-0.1, -0.05) is 0 Å². The van der Waals surface area contributed by atoms with Gasteiger partial charge in [-0.05, 0) is 22.9 Å². The van der Waals surface area contributed by atoms with Crippen LogP contribution in [-0.4, -0.2) is 28.6 Å². The van der Waals surface area contributed by atoms with Crippen LogP contribution in [0.4, 0.5) is 5.95 Å². The van der Waals surface area contributed by atoms with Crippen LogP contribution in [0.15, 0.2) is 16.9 Å². The van der Waals surface area contributed by atoms with E-state index in [1.807, 2.05) is 0 Å². The van der Waals surface area contributed by atoms with E-state index in [2.05, 4.69) is 43.5 Å². The maximum absolute atomic E-state index is 4.15. The molecule has 0 aliphatic carbocycles. The molecule has 1 aromatic heterocycles. The summed E-state index contributed by atoms with van der Waals surface area (Å²) in [5, 5.41) is 6.48. The highest BCUT2D eigenvalue weighted by molar-refractivity contribution is 9.10. The summed E-state index contributed by atoms with van der Waals surface area (Å²) in [4.78, 5) is 8.30. The van der Waals surface area contributed by atoms with Gasteiger partial charge in [-0.2, -0.15) is 0 Å². The van der Waals surface area contributed by atoms with Crippen molar-refractivity contribution in [3.05, 3.63) is 16.9 Å². The smallest absolute Gasteiger partial charge is 0.223 e. The molecule has 70 valence electrons. The predicted molar refractivity (Wildman–Crippen MR) is 54.6 cm³/mol. The SMILES string of the molecule is CC1(Nc2ncc(Br)cn2)CNC1. The minimum Gasteiger partial charge on any atom is -0.346 e. The first-order valence-electron chi connectivity index (χ1n) is 4.14. The van der Waals surface area contributed by atoms with Gasteiger partial charge in [0.25, 0.3) is 0 Å². The third-order valence-corrected chi connectivity index (χ3v) is 2.47. The molecule has 2 N–H and O–H groups in total. The molecule has 0 atom stereocenters. The van der Waals surface area contributed by atoms with Crippen molar-refractivity contribution in [1.82, 2.24) is 15.3 Å². The number of hydrogen-bond acceptors (Lipinski definition) is 4. The summed E-state index contributed by atoms with van der Waals surface area (Å²) < 4.78 is 0.898. The highest BCUT2D eigenvalue weighted by Gasteiger charge is 2.31. The summed E-state index contributed by atoms with van der Waals surface area (Å²) in [6.45, 7) is 4.08. The Balaban J connectivity index is 2.05. The zero-order valence-corrected chi connectivity index (χ0v) is 8.93. The van der Waals surface area contributed by atoms with Gasteiger partial charge >= 0.3 is 0 Å². The Morgan fingerprint density at radius 1 is 1.46 bits per heavy atom. The van der Waals surface area contributed by atoms with Gasteiger partial charge in [0.2, 0.25) is 5.95 Å². The molecule has 0 radical (unpaired) electrons. The number of nitrogens with zero attached hydrogens (tertiary/aromatic N) is 2. The molecule has 0 unspecified atom stereocenters. The van der Waals surface area contributed by atoms with Crippen molar-refractivity contribution in [3.8, 4) is 0 Å². The standard InChI is InChI=1S/C8H11BrN4/c1-8(4-10-5-8)13-7-11-2-6(9)3-12-7/h2-3,10H,4-5H2,1H3,(H,11,12,13). The minimum atomic E-state index is 0.119. The molecule has 2 rings (SSSR count). The van der Waals surface area contributed by atoms with Crippen molar-refractivity contribution >= 4 is 21.9 Å². The lowest BCUT2D eigenvalue weighted by Crippen LogP contribution is -2.62. The monoisotopic (exact) mass is 242 g/mol. The first-order valence-corrected chi connectivity index (χ1v) is 4.94. The Labute approximate surface area is 85.3 Å². The second-order valence-electron chi connectivity index (χ2n) is 3.51. The lowest BCUT2D eigenvalue weighted by atomic mass is 9.96. The molecule has 4 nitrogen and oxygen atoms in total. The Hall–Kier alpha value is -0.680. The van der Waals surface area contributed by atoms with Crippen molar-refractivity contribution in [1.29, 1.82) is 0 Å². The van der Waals surface area contributed by atoms with Crippen LogP contribution in [0.25, 0.3) is 0 Å². The first kappa shape index (κ1) is 8.90. The number of halogens is 1. The minimum absolute atomic E-state index is 0.119. The molecule has 0 bridgehead atoms. The number of rotatable bonds is 2. The van der Waals surface area contributed by atoms with Gasteiger partial charge in [0, 0.05) is 25.5 Å². The number of hydrogen-bond donors (Lipinski definition) is 2. The van der Waals surface area contributed by atoms with E-state index in [1.165, 1.54) is 0 Å². The molecular weight excluding hydrogens is 232 g/mol. The molecule has 0 amide bonds. The fourth-order valence-corrected chi connectivity index (χ4v) is 1.44. The molecule has 0 saturated carbocycles. The van der Waals surface area contributed by atoms with Gasteiger partial charge in [0.05, 0.1) is 10.0 Å². The molecule has 1 aliphatic rings. The largest absolute Gasteiger partial charge is 0.346 e. The molecule has 1 aliphatic heterocycles. The molecule has 1 fully saturated rings. The van der Waals surface area contributed by atoms with Gasteiger partial charge in [-0.25, -0.2) is 9.97 Å². The van der Waals surface area contributed by atoms with Crippen molar-refractivity contribution in [3.63, 3.8) is 0 Å². The highest BCUT2D eigenvalue weighted by atomic mass is 79.9. The summed E-state index contributed by atoms with van der Waals surface area (Å²) in [5.41, 5.74) is 0.119. The van der Waals surface area contributed by atoms with Crippen LogP contribution in [0.2, 0.25) is 0 Å². The van der Waals surface area contributed by atoms with Gasteiger partial charge in [-0.3, -0.25) is 0 Å². The number of anilines is 1. The van der Waals surface area contributed by atoms with Crippen molar-refractivity contribution in [2.24, 2.45) is 0 Å². The number of nitrogens with one attached hydrogen (secondary N) is 2. The van der Waals surface area contributed by atoms with E-state index in [0.717, 1.165) is 17.6 Å². The Morgan fingerprint density at radius 3 is 2.54 bits per heavy atom. The Kier molecular flexibility index (Phi) is 2.21. The summed E-state index contributed by atoms with van der Waals surface area (Å²) in [6.07, 6.45) is 3.48. The van der Waals surface area contributed by atoms with Crippen LogP contribution in [0.1, 0.15) is 6.92 Å². The van der Waals surface area contributed by atoms with Gasteiger partial charge in [-0.15, -0.1) is 0 Å². The van der Waals surface area contributed by atoms with Crippen LogP contribution in [0.3, 0.4) is 0 Å². The summed E-state index contributed by atoms with van der Waals surface area (Å²) in [6, 6.07) is 0. The Morgan fingerprint density at radius 2 is 2.08 bits per heavy atom. The molecule has 5 heteroatoms. The van der Waals surface area contributed by atoms with Crippen molar-refractivity contribution in [2.75, 3.05) is 18.4 Å². The topological polar surface area (TPSA) is 49.8 Å². The van der Waals surface area contributed by atoms with E-state index in [-0.39, 0.29) is 5.54 Å². The molecule has 1 saturated heterocycles. The maximum atomic E-state index is 4.15. The first-order chi connectivity index (χ1) is 6.18. The molecule has 13 heavy (non-hydrogen) atoms. The average Bonchev–Trinajstić information content (AvgIpc) is 2.06. The molecule has 0 spiro atoms. The third kappa shape index (κ3) is 1.97. The van der Waals surface area contributed by atoms with Crippen molar-refractivity contribution in [2.45, 2.75) is 12.5 Å². The van der Waals surface area contributed by atoms with Crippen LogP contribution in [-0.2, 0) is 0 Å². The highest BCUT2D eigenvalue weighted by Crippen LogP contribution is 2.16. The van der Waals surface area contributed by atoms with Gasteiger partial charge in [0.1, 0.15) is 0 Å². The molecule has 0 aromatic carbocycles. The van der Waals surface area contributed by atoms with E-state index >= 15 is 0 Å². The van der Waals surface area contributed by atoms with Crippen LogP contribution in [0.5, 0.6) is 0 Å². The second kappa shape index (κ2) is 3.23. The summed E-state index contributed by atoms with van der Waals surface area (Å²) in [5.74, 6) is 0.687. The van der Waals surface area contributed by atoms with Gasteiger partial charge < -0.3 is 10.6 Å². The maximum Gasteiger partial charge on any atom is 0.223 e. The normalized spacial score (nSPS) is 19.2. The molecular formula is C8H11BrN4. The van der Waals surface area contributed by atoms with E-state index in [1.54, 1.807) is 12.4 Å². The fraction of sp³-hybridized carbons (Fsp3) is 0.500. The van der Waals surface area contributed by atoms with Crippen LogP contribution < -0.4 is 10.6 Å². The quantitative estimate of drug-likeness (QED) is 0.814. The molecule has 1 aromatic rings.